The topological polar surface area (TPSA) is 86.8 Å². The number of nitrogens with one attached hydrogen (secondary N) is 1. The van der Waals surface area contributed by atoms with Crippen molar-refractivity contribution in [2.45, 2.75) is 43.8 Å². The van der Waals surface area contributed by atoms with Crippen LogP contribution in [0.2, 0.25) is 0 Å². The Hall–Kier alpha value is -3.77. The molecule has 0 saturated carbocycles. The molecule has 1 atom stereocenters. The number of carbonyl (C=O) groups is 2. The van der Waals surface area contributed by atoms with Gasteiger partial charge in [0.1, 0.15) is 18.4 Å². The van der Waals surface area contributed by atoms with Crippen LogP contribution in [0.1, 0.15) is 25.0 Å². The molecule has 43 heavy (non-hydrogen) atoms. The molecule has 0 aliphatic carbocycles. The number of nitrogens with zero attached hydrogens (tertiary/aromatic N) is 2. The quantitative estimate of drug-likeness (QED) is 0.189. The summed E-state index contributed by atoms with van der Waals surface area (Å²) >= 11 is 2.12. The Bertz CT molecular complexity index is 1640. The summed E-state index contributed by atoms with van der Waals surface area (Å²) in [4.78, 5) is 29.3. The second-order valence-corrected chi connectivity index (χ2v) is 13.4. The predicted octanol–water partition coefficient (Wildman–Crippen LogP) is 5.79. The lowest BCUT2D eigenvalue weighted by atomic mass is 10.0. The maximum Gasteiger partial charge on any atom is 0.264 e. The number of carbonyl (C=O) groups excluding carboxylic acids is 2. The van der Waals surface area contributed by atoms with Crippen LogP contribution in [0.3, 0.4) is 0 Å². The zero-order valence-electron chi connectivity index (χ0n) is 23.9. The van der Waals surface area contributed by atoms with Crippen molar-refractivity contribution in [3.8, 4) is 0 Å². The van der Waals surface area contributed by atoms with E-state index in [-0.39, 0.29) is 35.2 Å². The van der Waals surface area contributed by atoms with E-state index in [0.717, 1.165) is 13.4 Å². The average Bonchev–Trinajstić information content (AvgIpc) is 2.99. The summed E-state index contributed by atoms with van der Waals surface area (Å²) in [5.74, 6) is -1.61. The fraction of sp³-hybridized carbons (Fsp3) is 0.212. The summed E-state index contributed by atoms with van der Waals surface area (Å²) in [5, 5.41) is 2.89. The van der Waals surface area contributed by atoms with Crippen molar-refractivity contribution in [2.24, 2.45) is 0 Å². The molecule has 0 aliphatic rings. The van der Waals surface area contributed by atoms with E-state index in [1.807, 2.05) is 44.2 Å². The van der Waals surface area contributed by atoms with Crippen molar-refractivity contribution in [2.75, 3.05) is 10.8 Å². The molecule has 0 spiro atoms. The second-order valence-electron chi connectivity index (χ2n) is 10.3. The highest BCUT2D eigenvalue weighted by Gasteiger charge is 2.35. The summed E-state index contributed by atoms with van der Waals surface area (Å²) in [6.07, 6.45) is 0.147. The number of sulfonamides is 1. The Kier molecular flexibility index (Phi) is 10.9. The minimum atomic E-state index is -4.19. The zero-order chi connectivity index (χ0) is 31.0. The molecule has 224 valence electrons. The smallest absolute Gasteiger partial charge is 0.264 e. The normalized spacial score (nSPS) is 12.0. The van der Waals surface area contributed by atoms with Gasteiger partial charge in [0.05, 0.1) is 10.6 Å². The third-order valence-corrected chi connectivity index (χ3v) is 9.23. The molecule has 1 N–H and O–H groups in total. The molecule has 0 heterocycles. The van der Waals surface area contributed by atoms with Gasteiger partial charge in [0, 0.05) is 28.1 Å². The van der Waals surface area contributed by atoms with Crippen LogP contribution in [0.15, 0.2) is 114 Å². The Morgan fingerprint density at radius 2 is 1.42 bits per heavy atom. The summed E-state index contributed by atoms with van der Waals surface area (Å²) < 4.78 is 44.8. The van der Waals surface area contributed by atoms with Gasteiger partial charge >= 0.3 is 0 Å². The molecule has 0 aliphatic heterocycles. The van der Waals surface area contributed by atoms with Crippen molar-refractivity contribution in [3.63, 3.8) is 0 Å². The van der Waals surface area contributed by atoms with Crippen LogP contribution in [-0.2, 0) is 32.6 Å². The van der Waals surface area contributed by atoms with Crippen LogP contribution >= 0.6 is 22.6 Å². The first-order chi connectivity index (χ1) is 20.6. The molecule has 2 amide bonds. The maximum absolute atomic E-state index is 14.9. The number of hydrogen-bond donors (Lipinski definition) is 1. The molecule has 7 nitrogen and oxygen atoms in total. The number of rotatable bonds is 12. The molecule has 4 aromatic carbocycles. The van der Waals surface area contributed by atoms with Gasteiger partial charge in [-0.2, -0.15) is 0 Å². The lowest BCUT2D eigenvalue weighted by molar-refractivity contribution is -0.140. The summed E-state index contributed by atoms with van der Waals surface area (Å²) in [7, 11) is -4.19. The number of amides is 2. The first-order valence-electron chi connectivity index (χ1n) is 13.8. The van der Waals surface area contributed by atoms with Crippen LogP contribution < -0.4 is 9.62 Å². The number of anilines is 1. The minimum Gasteiger partial charge on any atom is -0.352 e. The lowest BCUT2D eigenvalue weighted by Crippen LogP contribution is -2.54. The number of hydrogen-bond acceptors (Lipinski definition) is 4. The van der Waals surface area contributed by atoms with Gasteiger partial charge in [-0.1, -0.05) is 66.7 Å². The standard InChI is InChI=1S/C33H33FIN3O4S/c1-24(2)36-33(40)31(21-25-11-5-3-6-12-25)37(22-26-13-9-10-16-30(26)34)32(39)23-38(28-19-17-27(35)18-20-28)43(41,42)29-14-7-4-8-15-29/h3-20,24,31H,21-23H2,1-2H3,(H,36,40)/t31-/m0/s1. The van der Waals surface area contributed by atoms with Crippen molar-refractivity contribution in [1.82, 2.24) is 10.2 Å². The Balaban J connectivity index is 1.80. The Morgan fingerprint density at radius 3 is 2.02 bits per heavy atom. The van der Waals surface area contributed by atoms with Crippen LogP contribution in [0.25, 0.3) is 0 Å². The van der Waals surface area contributed by atoms with Gasteiger partial charge in [0.15, 0.2) is 0 Å². The summed E-state index contributed by atoms with van der Waals surface area (Å²) in [6, 6.07) is 28.6. The summed E-state index contributed by atoms with van der Waals surface area (Å²) in [5.41, 5.74) is 1.29. The highest BCUT2D eigenvalue weighted by Crippen LogP contribution is 2.26. The molecule has 4 aromatic rings. The third kappa shape index (κ3) is 8.41. The Morgan fingerprint density at radius 1 is 0.837 bits per heavy atom. The van der Waals surface area contributed by atoms with Crippen molar-refractivity contribution in [1.29, 1.82) is 0 Å². The van der Waals surface area contributed by atoms with Crippen LogP contribution in [0.5, 0.6) is 0 Å². The molecular formula is C33H33FIN3O4S. The van der Waals surface area contributed by atoms with E-state index in [9.17, 15) is 22.4 Å². The van der Waals surface area contributed by atoms with E-state index < -0.39 is 40.2 Å². The second kappa shape index (κ2) is 14.6. The zero-order valence-corrected chi connectivity index (χ0v) is 26.8. The molecule has 4 rings (SSSR count). The van der Waals surface area contributed by atoms with Crippen molar-refractivity contribution < 1.29 is 22.4 Å². The Labute approximate surface area is 265 Å². The molecule has 0 saturated heterocycles. The molecule has 0 bridgehead atoms. The monoisotopic (exact) mass is 713 g/mol. The van der Waals surface area contributed by atoms with Crippen molar-refractivity contribution in [3.05, 3.63) is 130 Å². The largest absolute Gasteiger partial charge is 0.352 e. The average molecular weight is 714 g/mol. The predicted molar refractivity (Wildman–Crippen MR) is 174 cm³/mol. The van der Waals surface area contributed by atoms with Crippen molar-refractivity contribution >= 4 is 50.1 Å². The third-order valence-electron chi connectivity index (χ3n) is 6.73. The molecule has 0 radical (unpaired) electrons. The fourth-order valence-corrected chi connectivity index (χ4v) is 6.40. The lowest BCUT2D eigenvalue weighted by Gasteiger charge is -2.34. The fourth-order valence-electron chi connectivity index (χ4n) is 4.60. The maximum atomic E-state index is 14.9. The number of benzene rings is 4. The van der Waals surface area contributed by atoms with Crippen LogP contribution in [0, 0.1) is 9.39 Å². The van der Waals surface area contributed by atoms with Gasteiger partial charge in [0.25, 0.3) is 10.0 Å². The van der Waals surface area contributed by atoms with E-state index in [2.05, 4.69) is 27.9 Å². The molecular weight excluding hydrogens is 680 g/mol. The molecule has 0 aromatic heterocycles. The molecule has 10 heteroatoms. The van der Waals surface area contributed by atoms with Gasteiger partial charge in [-0.3, -0.25) is 13.9 Å². The summed E-state index contributed by atoms with van der Waals surface area (Å²) in [6.45, 7) is 2.78. The van der Waals surface area contributed by atoms with Gasteiger partial charge in [-0.15, -0.1) is 0 Å². The molecule has 0 fully saturated rings. The SMILES string of the molecule is CC(C)NC(=O)[C@H](Cc1ccccc1)N(Cc1ccccc1F)C(=O)CN(c1ccc(I)cc1)S(=O)(=O)c1ccccc1. The minimum absolute atomic E-state index is 0.0143. The first-order valence-corrected chi connectivity index (χ1v) is 16.3. The van der Waals surface area contributed by atoms with Gasteiger partial charge in [-0.05, 0) is 84.5 Å². The van der Waals surface area contributed by atoms with Crippen LogP contribution in [-0.4, -0.2) is 43.8 Å². The van der Waals surface area contributed by atoms with E-state index in [1.165, 1.54) is 23.1 Å². The number of halogens is 2. The van der Waals surface area contributed by atoms with E-state index in [1.54, 1.807) is 60.7 Å². The van der Waals surface area contributed by atoms with Gasteiger partial charge < -0.3 is 10.2 Å². The van der Waals surface area contributed by atoms with E-state index in [4.69, 9.17) is 0 Å². The highest BCUT2D eigenvalue weighted by molar-refractivity contribution is 14.1. The first kappa shape index (κ1) is 32.2. The van der Waals surface area contributed by atoms with Gasteiger partial charge in [0.2, 0.25) is 11.8 Å². The van der Waals surface area contributed by atoms with E-state index in [0.29, 0.717) is 0 Å². The van der Waals surface area contributed by atoms with E-state index >= 15 is 0 Å². The molecule has 0 unspecified atom stereocenters. The van der Waals surface area contributed by atoms with Crippen LogP contribution in [0.4, 0.5) is 10.1 Å². The van der Waals surface area contributed by atoms with Gasteiger partial charge in [-0.25, -0.2) is 12.8 Å². The highest BCUT2D eigenvalue weighted by atomic mass is 127.